The SMILES string of the molecule is CCN(CC)C(C)Oc1cc[c]cc1. The van der Waals surface area contributed by atoms with Crippen molar-refractivity contribution < 1.29 is 4.74 Å². The van der Waals surface area contributed by atoms with Gasteiger partial charge >= 0.3 is 0 Å². The largest absolute Gasteiger partial charge is 0.475 e. The van der Waals surface area contributed by atoms with Gasteiger partial charge in [0.2, 0.25) is 0 Å². The highest BCUT2D eigenvalue weighted by Crippen LogP contribution is 2.12. The first-order valence-corrected chi connectivity index (χ1v) is 5.14. The molecule has 1 radical (unpaired) electrons. The normalized spacial score (nSPS) is 12.9. The van der Waals surface area contributed by atoms with E-state index in [0.717, 1.165) is 18.8 Å². The molecule has 0 N–H and O–H groups in total. The first-order chi connectivity index (χ1) is 6.77. The lowest BCUT2D eigenvalue weighted by Gasteiger charge is -2.26. The van der Waals surface area contributed by atoms with Gasteiger partial charge in [-0.3, -0.25) is 4.90 Å². The Kier molecular flexibility index (Phi) is 4.47. The van der Waals surface area contributed by atoms with E-state index in [0.29, 0.717) is 0 Å². The van der Waals surface area contributed by atoms with Crippen molar-refractivity contribution in [2.75, 3.05) is 13.1 Å². The van der Waals surface area contributed by atoms with Gasteiger partial charge in [0.25, 0.3) is 0 Å². The molecule has 77 valence electrons. The Morgan fingerprint density at radius 2 is 1.86 bits per heavy atom. The highest BCUT2D eigenvalue weighted by atomic mass is 16.5. The van der Waals surface area contributed by atoms with Crippen LogP contribution in [0.2, 0.25) is 0 Å². The van der Waals surface area contributed by atoms with Crippen LogP contribution in [0.25, 0.3) is 0 Å². The van der Waals surface area contributed by atoms with E-state index in [1.54, 1.807) is 0 Å². The lowest BCUT2D eigenvalue weighted by Crippen LogP contribution is -2.36. The van der Waals surface area contributed by atoms with Crippen molar-refractivity contribution in [3.63, 3.8) is 0 Å². The molecule has 1 unspecified atom stereocenters. The van der Waals surface area contributed by atoms with Crippen LogP contribution in [-0.2, 0) is 0 Å². The van der Waals surface area contributed by atoms with Gasteiger partial charge in [0.15, 0.2) is 0 Å². The molecule has 0 saturated heterocycles. The molecule has 2 nitrogen and oxygen atoms in total. The van der Waals surface area contributed by atoms with Gasteiger partial charge in [-0.15, -0.1) is 0 Å². The highest BCUT2D eigenvalue weighted by molar-refractivity contribution is 5.20. The summed E-state index contributed by atoms with van der Waals surface area (Å²) in [4.78, 5) is 2.26. The molecule has 0 aliphatic rings. The van der Waals surface area contributed by atoms with Crippen molar-refractivity contribution in [3.8, 4) is 5.75 Å². The molecule has 0 bridgehead atoms. The minimum Gasteiger partial charge on any atom is -0.475 e. The fraction of sp³-hybridized carbons (Fsp3) is 0.500. The molecule has 2 heteroatoms. The van der Waals surface area contributed by atoms with Crippen LogP contribution in [0.4, 0.5) is 0 Å². The summed E-state index contributed by atoms with van der Waals surface area (Å²) >= 11 is 0. The highest BCUT2D eigenvalue weighted by Gasteiger charge is 2.10. The fourth-order valence-corrected chi connectivity index (χ4v) is 1.46. The first kappa shape index (κ1) is 11.1. The van der Waals surface area contributed by atoms with Gasteiger partial charge in [0, 0.05) is 0 Å². The van der Waals surface area contributed by atoms with E-state index in [4.69, 9.17) is 4.74 Å². The Morgan fingerprint density at radius 1 is 1.29 bits per heavy atom. The third-order valence-corrected chi connectivity index (χ3v) is 2.32. The number of rotatable bonds is 5. The number of ether oxygens (including phenoxy) is 1. The average molecular weight is 192 g/mol. The van der Waals surface area contributed by atoms with Gasteiger partial charge in [-0.25, -0.2) is 0 Å². The van der Waals surface area contributed by atoms with Gasteiger partial charge in [0.1, 0.15) is 12.0 Å². The second kappa shape index (κ2) is 5.66. The molecule has 0 saturated carbocycles. The summed E-state index contributed by atoms with van der Waals surface area (Å²) in [6.07, 6.45) is 0.132. The summed E-state index contributed by atoms with van der Waals surface area (Å²) in [6.45, 7) is 8.38. The fourth-order valence-electron chi connectivity index (χ4n) is 1.46. The Labute approximate surface area is 86.5 Å². The topological polar surface area (TPSA) is 12.5 Å². The first-order valence-electron chi connectivity index (χ1n) is 5.14. The molecule has 0 aromatic heterocycles. The van der Waals surface area contributed by atoms with Crippen molar-refractivity contribution in [2.45, 2.75) is 27.0 Å². The molecule has 0 aliphatic carbocycles. The minimum atomic E-state index is 0.132. The molecule has 0 heterocycles. The number of benzene rings is 1. The van der Waals surface area contributed by atoms with E-state index in [1.807, 2.05) is 24.3 Å². The third-order valence-electron chi connectivity index (χ3n) is 2.32. The van der Waals surface area contributed by atoms with Gasteiger partial charge in [0.05, 0.1) is 0 Å². The second-order valence-electron chi connectivity index (χ2n) is 3.17. The molecule has 0 fully saturated rings. The molecular weight excluding hydrogens is 174 g/mol. The standard InChI is InChI=1S/C12H18NO/c1-4-13(5-2)11(3)14-12-9-7-6-8-10-12/h7-11H,4-5H2,1-3H3. The second-order valence-corrected chi connectivity index (χ2v) is 3.17. The number of nitrogens with zero attached hydrogens (tertiary/aromatic N) is 1. The van der Waals surface area contributed by atoms with E-state index in [9.17, 15) is 0 Å². The van der Waals surface area contributed by atoms with Crippen LogP contribution in [0.3, 0.4) is 0 Å². The molecule has 0 spiro atoms. The third kappa shape index (κ3) is 3.04. The molecule has 0 aliphatic heterocycles. The van der Waals surface area contributed by atoms with E-state index < -0.39 is 0 Å². The van der Waals surface area contributed by atoms with E-state index in [1.165, 1.54) is 0 Å². The quantitative estimate of drug-likeness (QED) is 0.665. The lowest BCUT2D eigenvalue weighted by molar-refractivity contribution is 0.0481. The minimum absolute atomic E-state index is 0.132. The molecular formula is C12H18NO. The summed E-state index contributed by atoms with van der Waals surface area (Å²) in [7, 11) is 0. The Balaban J connectivity index is 2.52. The van der Waals surface area contributed by atoms with Crippen molar-refractivity contribution in [1.29, 1.82) is 0 Å². The summed E-state index contributed by atoms with van der Waals surface area (Å²) in [6, 6.07) is 10.6. The van der Waals surface area contributed by atoms with Crippen LogP contribution >= 0.6 is 0 Å². The zero-order valence-electron chi connectivity index (χ0n) is 9.16. The van der Waals surface area contributed by atoms with Crippen LogP contribution in [0, 0.1) is 6.07 Å². The zero-order valence-corrected chi connectivity index (χ0v) is 9.16. The monoisotopic (exact) mass is 192 g/mol. The van der Waals surface area contributed by atoms with Crippen molar-refractivity contribution in [2.24, 2.45) is 0 Å². The van der Waals surface area contributed by atoms with Crippen molar-refractivity contribution in [1.82, 2.24) is 4.90 Å². The van der Waals surface area contributed by atoms with Gasteiger partial charge in [-0.1, -0.05) is 26.0 Å². The molecule has 1 rings (SSSR count). The van der Waals surface area contributed by atoms with Gasteiger partial charge in [-0.2, -0.15) is 0 Å². The van der Waals surface area contributed by atoms with Crippen molar-refractivity contribution >= 4 is 0 Å². The summed E-state index contributed by atoms with van der Waals surface area (Å²) in [5.41, 5.74) is 0. The van der Waals surface area contributed by atoms with Gasteiger partial charge < -0.3 is 4.74 Å². The van der Waals surface area contributed by atoms with E-state index >= 15 is 0 Å². The van der Waals surface area contributed by atoms with Crippen molar-refractivity contribution in [3.05, 3.63) is 30.3 Å². The summed E-state index contributed by atoms with van der Waals surface area (Å²) < 4.78 is 5.76. The van der Waals surface area contributed by atoms with E-state index in [-0.39, 0.29) is 6.23 Å². The average Bonchev–Trinajstić information content (AvgIpc) is 2.21. The summed E-state index contributed by atoms with van der Waals surface area (Å²) in [5, 5.41) is 0. The number of hydrogen-bond donors (Lipinski definition) is 0. The zero-order chi connectivity index (χ0) is 10.4. The Morgan fingerprint density at radius 3 is 2.36 bits per heavy atom. The maximum Gasteiger partial charge on any atom is 0.149 e. The predicted molar refractivity (Wildman–Crippen MR) is 58.3 cm³/mol. The maximum absolute atomic E-state index is 5.76. The Hall–Kier alpha value is -1.02. The molecule has 1 aromatic carbocycles. The van der Waals surface area contributed by atoms with Crippen LogP contribution in [0.5, 0.6) is 5.75 Å². The van der Waals surface area contributed by atoms with Crippen LogP contribution < -0.4 is 4.74 Å². The molecule has 1 atom stereocenters. The smallest absolute Gasteiger partial charge is 0.149 e. The Bertz CT molecular complexity index is 244. The van der Waals surface area contributed by atoms with Crippen LogP contribution in [-0.4, -0.2) is 24.2 Å². The number of hydrogen-bond acceptors (Lipinski definition) is 2. The molecule has 0 amide bonds. The predicted octanol–water partition coefficient (Wildman–Crippen LogP) is 2.55. The lowest BCUT2D eigenvalue weighted by atomic mass is 10.3. The van der Waals surface area contributed by atoms with Gasteiger partial charge in [-0.05, 0) is 38.2 Å². The van der Waals surface area contributed by atoms with E-state index in [2.05, 4.69) is 31.7 Å². The maximum atomic E-state index is 5.76. The van der Waals surface area contributed by atoms with Crippen LogP contribution in [0.1, 0.15) is 20.8 Å². The molecule has 1 aromatic rings. The van der Waals surface area contributed by atoms with Crippen LogP contribution in [0.15, 0.2) is 24.3 Å². The summed E-state index contributed by atoms with van der Waals surface area (Å²) in [5.74, 6) is 0.906. The molecule has 14 heavy (non-hydrogen) atoms.